The van der Waals surface area contributed by atoms with Crippen molar-refractivity contribution in [2.75, 3.05) is 29.9 Å². The number of piperazine rings is 1. The lowest BCUT2D eigenvalue weighted by atomic mass is 9.99. The van der Waals surface area contributed by atoms with E-state index in [1.54, 1.807) is 6.20 Å². The predicted octanol–water partition coefficient (Wildman–Crippen LogP) is 3.88. The molecule has 4 rings (SSSR count). The maximum Gasteiger partial charge on any atom is 0.214 e. The van der Waals surface area contributed by atoms with Crippen molar-refractivity contribution in [2.45, 2.75) is 19.9 Å². The fourth-order valence-electron chi connectivity index (χ4n) is 3.87. The molecule has 1 fully saturated rings. The third-order valence-electron chi connectivity index (χ3n) is 5.45. The molecule has 158 valence electrons. The van der Waals surface area contributed by atoms with Crippen LogP contribution in [0.5, 0.6) is 0 Å². The third-order valence-corrected chi connectivity index (χ3v) is 5.87. The zero-order valence-corrected chi connectivity index (χ0v) is 19.0. The average Bonchev–Trinajstić information content (AvgIpc) is 2.79. The number of nitrogens with one attached hydrogen (secondary N) is 1. The number of aromatic nitrogens is 3. The zero-order valence-electron chi connectivity index (χ0n) is 17.4. The van der Waals surface area contributed by atoms with Gasteiger partial charge >= 0.3 is 0 Å². The fraction of sp³-hybridized carbons (Fsp3) is 0.318. The third kappa shape index (κ3) is 4.59. The first-order valence-corrected chi connectivity index (χ1v) is 10.9. The van der Waals surface area contributed by atoms with Gasteiger partial charge in [0.25, 0.3) is 0 Å². The number of guanidine groups is 1. The largest absolute Gasteiger partial charge is 0.351 e. The highest BCUT2D eigenvalue weighted by molar-refractivity contribution is 9.10. The number of nitriles is 1. The number of rotatable bonds is 3. The molecule has 3 aromatic rings. The minimum atomic E-state index is 0.145. The number of benzene rings is 1. The summed E-state index contributed by atoms with van der Waals surface area (Å²) in [5.74, 6) is 1.74. The smallest absolute Gasteiger partial charge is 0.214 e. The zero-order chi connectivity index (χ0) is 21.8. The fourth-order valence-corrected chi connectivity index (χ4v) is 4.08. The Kier molecular flexibility index (Phi) is 6.28. The van der Waals surface area contributed by atoms with Crippen LogP contribution in [0.15, 0.2) is 58.3 Å². The van der Waals surface area contributed by atoms with E-state index in [1.165, 1.54) is 0 Å². The molecule has 9 heteroatoms. The molecule has 1 N–H and O–H groups in total. The molecular weight excluding hydrogens is 456 g/mol. The summed E-state index contributed by atoms with van der Waals surface area (Å²) in [6, 6.07) is 13.8. The maximum atomic E-state index is 9.39. The van der Waals surface area contributed by atoms with Gasteiger partial charge in [-0.15, -0.1) is 15.2 Å². The van der Waals surface area contributed by atoms with Gasteiger partial charge in [0, 0.05) is 31.2 Å². The Labute approximate surface area is 189 Å². The lowest BCUT2D eigenvalue weighted by molar-refractivity contribution is 0.223. The van der Waals surface area contributed by atoms with Crippen LogP contribution in [-0.2, 0) is 0 Å². The van der Waals surface area contributed by atoms with Gasteiger partial charge in [0.05, 0.1) is 17.2 Å². The van der Waals surface area contributed by atoms with Gasteiger partial charge < -0.3 is 15.1 Å². The Balaban J connectivity index is 1.61. The molecule has 0 aliphatic carbocycles. The van der Waals surface area contributed by atoms with Crippen LogP contribution in [0.2, 0.25) is 0 Å². The van der Waals surface area contributed by atoms with Crippen LogP contribution in [0, 0.1) is 17.4 Å². The van der Waals surface area contributed by atoms with Crippen LogP contribution in [0.3, 0.4) is 0 Å². The quantitative estimate of drug-likeness (QED) is 0.346. The Hall–Kier alpha value is -3.25. The van der Waals surface area contributed by atoms with Gasteiger partial charge in [-0.25, -0.2) is 0 Å². The monoisotopic (exact) mass is 478 g/mol. The molecule has 1 unspecified atom stereocenters. The molecule has 0 saturated carbocycles. The van der Waals surface area contributed by atoms with Crippen molar-refractivity contribution in [1.82, 2.24) is 20.1 Å². The highest BCUT2D eigenvalue weighted by atomic mass is 79.9. The Morgan fingerprint density at radius 2 is 2.06 bits per heavy atom. The number of fused-ring (bicyclic) bond motifs is 1. The summed E-state index contributed by atoms with van der Waals surface area (Å²) < 4.78 is 0.715. The Bertz CT molecular complexity index is 1120. The summed E-state index contributed by atoms with van der Waals surface area (Å²) in [5.41, 5.74) is 1.77. The topological polar surface area (TPSA) is 93.3 Å². The summed E-state index contributed by atoms with van der Waals surface area (Å²) in [7, 11) is 0. The van der Waals surface area contributed by atoms with E-state index in [1.807, 2.05) is 48.7 Å². The Morgan fingerprint density at radius 1 is 1.19 bits per heavy atom. The van der Waals surface area contributed by atoms with E-state index in [0.717, 1.165) is 35.5 Å². The number of hydrogen-bond donors (Lipinski definition) is 1. The number of aliphatic imine (C=N–C) groups is 1. The normalized spacial score (nSPS) is 17.1. The van der Waals surface area contributed by atoms with Crippen molar-refractivity contribution in [1.29, 1.82) is 5.26 Å². The van der Waals surface area contributed by atoms with E-state index in [2.05, 4.69) is 65.1 Å². The minimum absolute atomic E-state index is 0.145. The van der Waals surface area contributed by atoms with Crippen LogP contribution in [0.1, 0.15) is 13.8 Å². The lowest BCUT2D eigenvalue weighted by Crippen LogP contribution is -2.58. The number of halogens is 1. The second kappa shape index (κ2) is 9.27. The van der Waals surface area contributed by atoms with Crippen molar-refractivity contribution in [2.24, 2.45) is 10.9 Å². The predicted molar refractivity (Wildman–Crippen MR) is 126 cm³/mol. The lowest BCUT2D eigenvalue weighted by Gasteiger charge is -2.44. The second-order valence-corrected chi connectivity index (χ2v) is 8.51. The standard InChI is InChI=1S/C22H23BrN8/c1-15(2)19-13-30(21-9-8-20(23)28-29-21)11-12-31(19)22(26-14-24)27-18-7-3-6-17-16(18)5-4-10-25-17/h3-10,15,19H,11-13H2,1-2H3,(H,26,27). The van der Waals surface area contributed by atoms with Gasteiger partial charge in [0.1, 0.15) is 4.60 Å². The molecular formula is C22H23BrN8. The van der Waals surface area contributed by atoms with Crippen LogP contribution in [0.4, 0.5) is 11.5 Å². The van der Waals surface area contributed by atoms with Crippen molar-refractivity contribution in [3.05, 3.63) is 53.3 Å². The summed E-state index contributed by atoms with van der Waals surface area (Å²) >= 11 is 3.34. The first-order valence-electron chi connectivity index (χ1n) is 10.1. The van der Waals surface area contributed by atoms with E-state index < -0.39 is 0 Å². The number of anilines is 2. The van der Waals surface area contributed by atoms with Crippen molar-refractivity contribution >= 4 is 44.3 Å². The van der Waals surface area contributed by atoms with E-state index in [-0.39, 0.29) is 6.04 Å². The highest BCUT2D eigenvalue weighted by Gasteiger charge is 2.32. The minimum Gasteiger partial charge on any atom is -0.351 e. The summed E-state index contributed by atoms with van der Waals surface area (Å²) in [6.07, 6.45) is 3.74. The molecule has 31 heavy (non-hydrogen) atoms. The molecule has 0 radical (unpaired) electrons. The molecule has 8 nitrogen and oxygen atoms in total. The van der Waals surface area contributed by atoms with Gasteiger partial charge in [-0.3, -0.25) is 4.98 Å². The molecule has 0 amide bonds. The molecule has 1 aliphatic rings. The average molecular weight is 479 g/mol. The number of pyridine rings is 1. The van der Waals surface area contributed by atoms with Crippen molar-refractivity contribution in [3.8, 4) is 6.19 Å². The van der Waals surface area contributed by atoms with Crippen molar-refractivity contribution < 1.29 is 0 Å². The van der Waals surface area contributed by atoms with Crippen LogP contribution in [0.25, 0.3) is 10.9 Å². The molecule has 1 atom stereocenters. The Morgan fingerprint density at radius 3 is 2.81 bits per heavy atom. The first kappa shape index (κ1) is 21.0. The van der Waals surface area contributed by atoms with E-state index in [9.17, 15) is 5.26 Å². The molecule has 0 bridgehead atoms. The van der Waals surface area contributed by atoms with Gasteiger partial charge in [0.15, 0.2) is 5.82 Å². The molecule has 1 aliphatic heterocycles. The number of nitrogens with zero attached hydrogens (tertiary/aromatic N) is 7. The second-order valence-electron chi connectivity index (χ2n) is 7.70. The number of hydrogen-bond acceptors (Lipinski definition) is 6. The molecule has 3 heterocycles. The van der Waals surface area contributed by atoms with Crippen LogP contribution >= 0.6 is 15.9 Å². The van der Waals surface area contributed by atoms with Crippen LogP contribution < -0.4 is 10.2 Å². The van der Waals surface area contributed by atoms with Crippen LogP contribution in [-0.4, -0.2) is 51.7 Å². The maximum absolute atomic E-state index is 9.39. The van der Waals surface area contributed by atoms with E-state index in [0.29, 0.717) is 23.0 Å². The molecule has 0 spiro atoms. The summed E-state index contributed by atoms with van der Waals surface area (Å²) in [4.78, 5) is 13.0. The first-order chi connectivity index (χ1) is 15.1. The molecule has 2 aromatic heterocycles. The van der Waals surface area contributed by atoms with E-state index in [4.69, 9.17) is 0 Å². The molecule has 1 aromatic carbocycles. The van der Waals surface area contributed by atoms with E-state index >= 15 is 0 Å². The summed E-state index contributed by atoms with van der Waals surface area (Å²) in [6.45, 7) is 6.58. The van der Waals surface area contributed by atoms with Crippen molar-refractivity contribution in [3.63, 3.8) is 0 Å². The van der Waals surface area contributed by atoms with Gasteiger partial charge in [-0.05, 0) is 58.2 Å². The SMILES string of the molecule is CC(C)C1CN(c2ccc(Br)nn2)CCN1/C(=N/C#N)Nc1cccc2ncccc12. The van der Waals surface area contributed by atoms with Gasteiger partial charge in [-0.1, -0.05) is 19.9 Å². The highest BCUT2D eigenvalue weighted by Crippen LogP contribution is 2.25. The van der Waals surface area contributed by atoms with Gasteiger partial charge in [0.2, 0.25) is 12.2 Å². The molecule has 1 saturated heterocycles. The van der Waals surface area contributed by atoms with Gasteiger partial charge in [-0.2, -0.15) is 5.26 Å². The summed E-state index contributed by atoms with van der Waals surface area (Å²) in [5, 5.41) is 22.2.